The summed E-state index contributed by atoms with van der Waals surface area (Å²) in [6, 6.07) is 9.99. The van der Waals surface area contributed by atoms with Crippen LogP contribution in [0.1, 0.15) is 35.0 Å². The molecule has 0 bridgehead atoms. The Bertz CT molecular complexity index is 1380. The van der Waals surface area contributed by atoms with Crippen molar-refractivity contribution in [3.05, 3.63) is 88.5 Å². The van der Waals surface area contributed by atoms with Crippen molar-refractivity contribution in [2.75, 3.05) is 13.6 Å². The lowest BCUT2D eigenvalue weighted by Gasteiger charge is -2.36. The minimum atomic E-state index is -0.730. The lowest BCUT2D eigenvalue weighted by Crippen LogP contribution is -2.48. The van der Waals surface area contributed by atoms with Crippen molar-refractivity contribution in [2.45, 2.75) is 19.4 Å². The van der Waals surface area contributed by atoms with Crippen LogP contribution in [-0.2, 0) is 0 Å². The first-order valence-electron chi connectivity index (χ1n) is 10.9. The summed E-state index contributed by atoms with van der Waals surface area (Å²) in [6.07, 6.45) is 1.83. The van der Waals surface area contributed by atoms with Gasteiger partial charge in [-0.1, -0.05) is 0 Å². The van der Waals surface area contributed by atoms with Gasteiger partial charge in [0.1, 0.15) is 29.2 Å². The maximum atomic E-state index is 14.4. The van der Waals surface area contributed by atoms with Crippen LogP contribution in [0, 0.1) is 34.2 Å². The van der Waals surface area contributed by atoms with Gasteiger partial charge < -0.3 is 20.6 Å². The van der Waals surface area contributed by atoms with E-state index in [2.05, 4.69) is 10.3 Å². The Morgan fingerprint density at radius 2 is 1.71 bits per heavy atom. The van der Waals surface area contributed by atoms with Crippen molar-refractivity contribution < 1.29 is 18.0 Å². The Balaban J connectivity index is 1.64. The van der Waals surface area contributed by atoms with Gasteiger partial charge in [0.2, 0.25) is 0 Å². The van der Waals surface area contributed by atoms with Gasteiger partial charge in [0.25, 0.3) is 5.91 Å². The maximum Gasteiger partial charge on any atom is 0.254 e. The molecule has 1 amide bonds. The second-order valence-electron chi connectivity index (χ2n) is 8.24. The van der Waals surface area contributed by atoms with Crippen LogP contribution in [0.15, 0.2) is 54.2 Å². The molecular weight excluding hydrogens is 455 g/mol. The highest BCUT2D eigenvalue weighted by Gasteiger charge is 2.33. The van der Waals surface area contributed by atoms with Crippen LogP contribution in [-0.4, -0.2) is 41.1 Å². The molecule has 1 atom stereocenters. The number of likely N-dealkylation sites (tertiary alicyclic amines) is 1. The third kappa shape index (κ3) is 4.68. The molecule has 0 saturated carbocycles. The minimum absolute atomic E-state index is 0.118. The van der Waals surface area contributed by atoms with E-state index < -0.39 is 29.4 Å². The number of aromatic nitrogens is 1. The highest BCUT2D eigenvalue weighted by Crippen LogP contribution is 2.29. The van der Waals surface area contributed by atoms with Crippen LogP contribution < -0.4 is 5.32 Å². The van der Waals surface area contributed by atoms with Crippen LogP contribution in [0.5, 0.6) is 0 Å². The summed E-state index contributed by atoms with van der Waals surface area (Å²) in [5.41, 5.74) is 2.81. The number of carbonyl (C=O) groups excluding carboxylic acids is 1. The summed E-state index contributed by atoms with van der Waals surface area (Å²) in [6.45, 7) is 1.92. The molecule has 0 spiro atoms. The standard InChI is InChI=1S/C26H22F3N5O/c1-14-24(31)23(25(32-2)16-7-20(28)11-21(29)8-16)3-4-34(14)26(35)17-5-15(6-19(27)9-17)18-10-22(12-30)33-13-18/h5-11,13-14,31-33H,3-4H2,1-2H3/b25-23-,31-24?/t14-/m0/s1. The first-order chi connectivity index (χ1) is 16.7. The van der Waals surface area contributed by atoms with E-state index >= 15 is 0 Å². The van der Waals surface area contributed by atoms with Gasteiger partial charge in [-0.3, -0.25) is 4.79 Å². The molecular formula is C26H22F3N5O. The Kier molecular flexibility index (Phi) is 6.47. The smallest absolute Gasteiger partial charge is 0.254 e. The molecule has 2 aromatic carbocycles. The number of nitrogens with zero attached hydrogens (tertiary/aromatic N) is 2. The first kappa shape index (κ1) is 23.8. The SMILES string of the molecule is CN/C(=C1/CCN(C(=O)c2cc(F)cc(-c3c[nH]c(C#N)c3)c2)[C@@H](C)C1=N)c1cc(F)cc(F)c1. The summed E-state index contributed by atoms with van der Waals surface area (Å²) in [5, 5.41) is 20.6. The number of halogens is 3. The lowest BCUT2D eigenvalue weighted by atomic mass is 9.90. The number of piperidine rings is 1. The summed E-state index contributed by atoms with van der Waals surface area (Å²) < 4.78 is 42.0. The van der Waals surface area contributed by atoms with Gasteiger partial charge in [-0.05, 0) is 55.3 Å². The Hall–Kier alpha value is -4.32. The van der Waals surface area contributed by atoms with Crippen molar-refractivity contribution in [3.63, 3.8) is 0 Å². The molecule has 1 saturated heterocycles. The number of nitriles is 1. The van der Waals surface area contributed by atoms with Gasteiger partial charge in [-0.25, -0.2) is 13.2 Å². The summed E-state index contributed by atoms with van der Waals surface area (Å²) in [4.78, 5) is 17.6. The molecule has 3 aromatic rings. The van der Waals surface area contributed by atoms with E-state index in [1.54, 1.807) is 32.3 Å². The second-order valence-corrected chi connectivity index (χ2v) is 8.24. The normalized spacial score (nSPS) is 17.2. The molecule has 3 N–H and O–H groups in total. The highest BCUT2D eigenvalue weighted by molar-refractivity contribution is 6.10. The van der Waals surface area contributed by atoms with E-state index in [-0.39, 0.29) is 29.8 Å². The number of rotatable bonds is 4. The van der Waals surface area contributed by atoms with Gasteiger partial charge in [-0.15, -0.1) is 0 Å². The van der Waals surface area contributed by atoms with Gasteiger partial charge in [0.15, 0.2) is 0 Å². The molecule has 9 heteroatoms. The molecule has 0 unspecified atom stereocenters. The summed E-state index contributed by atoms with van der Waals surface area (Å²) in [7, 11) is 1.60. The molecule has 2 heterocycles. The van der Waals surface area contributed by atoms with Crippen LogP contribution in [0.2, 0.25) is 0 Å². The average molecular weight is 477 g/mol. The molecule has 1 aliphatic rings. The number of benzene rings is 2. The Morgan fingerprint density at radius 1 is 1.06 bits per heavy atom. The van der Waals surface area contributed by atoms with Gasteiger partial charge in [0.05, 0.1) is 11.8 Å². The van der Waals surface area contributed by atoms with E-state index in [0.29, 0.717) is 28.1 Å². The van der Waals surface area contributed by atoms with E-state index in [1.165, 1.54) is 23.1 Å². The lowest BCUT2D eigenvalue weighted by molar-refractivity contribution is 0.0728. The molecule has 6 nitrogen and oxygen atoms in total. The predicted molar refractivity (Wildman–Crippen MR) is 126 cm³/mol. The zero-order chi connectivity index (χ0) is 25.3. The average Bonchev–Trinajstić information content (AvgIpc) is 3.30. The number of H-pyrrole nitrogens is 1. The third-order valence-electron chi connectivity index (χ3n) is 6.06. The maximum absolute atomic E-state index is 14.4. The van der Waals surface area contributed by atoms with Crippen molar-refractivity contribution in [1.82, 2.24) is 15.2 Å². The topological polar surface area (TPSA) is 95.8 Å². The number of amides is 1. The monoisotopic (exact) mass is 477 g/mol. The largest absolute Gasteiger partial charge is 0.387 e. The number of nitrogens with one attached hydrogen (secondary N) is 3. The number of aromatic amines is 1. The minimum Gasteiger partial charge on any atom is -0.387 e. The molecule has 4 rings (SSSR count). The fraction of sp³-hybridized carbons (Fsp3) is 0.192. The molecule has 0 radical (unpaired) electrons. The Labute approximate surface area is 200 Å². The summed E-state index contributed by atoms with van der Waals surface area (Å²) >= 11 is 0. The number of hydrogen-bond acceptors (Lipinski definition) is 4. The van der Waals surface area contributed by atoms with Gasteiger partial charge in [-0.2, -0.15) is 5.26 Å². The molecule has 35 heavy (non-hydrogen) atoms. The molecule has 1 aliphatic heterocycles. The van der Waals surface area contributed by atoms with Crippen molar-refractivity contribution in [1.29, 1.82) is 10.7 Å². The third-order valence-corrected chi connectivity index (χ3v) is 6.06. The summed E-state index contributed by atoms with van der Waals surface area (Å²) in [5.74, 6) is -2.50. The van der Waals surface area contributed by atoms with Crippen molar-refractivity contribution in [2.24, 2.45) is 0 Å². The Morgan fingerprint density at radius 3 is 2.34 bits per heavy atom. The molecule has 0 aliphatic carbocycles. The van der Waals surface area contributed by atoms with Crippen molar-refractivity contribution in [3.8, 4) is 17.2 Å². The fourth-order valence-electron chi connectivity index (χ4n) is 4.34. The molecule has 1 fully saturated rings. The zero-order valence-corrected chi connectivity index (χ0v) is 19.0. The molecule has 178 valence electrons. The number of hydrogen-bond donors (Lipinski definition) is 3. The quantitative estimate of drug-likeness (QED) is 0.501. The van der Waals surface area contributed by atoms with Crippen LogP contribution in [0.25, 0.3) is 16.8 Å². The van der Waals surface area contributed by atoms with E-state index in [4.69, 9.17) is 10.7 Å². The predicted octanol–water partition coefficient (Wildman–Crippen LogP) is 4.86. The first-order valence-corrected chi connectivity index (χ1v) is 10.9. The zero-order valence-electron chi connectivity index (χ0n) is 19.0. The number of carbonyl (C=O) groups is 1. The van der Waals surface area contributed by atoms with Gasteiger partial charge in [0, 0.05) is 53.8 Å². The van der Waals surface area contributed by atoms with E-state index in [0.717, 1.165) is 12.1 Å². The van der Waals surface area contributed by atoms with E-state index in [1.807, 2.05) is 6.07 Å². The molecule has 1 aromatic heterocycles. The van der Waals surface area contributed by atoms with Crippen LogP contribution >= 0.6 is 0 Å². The van der Waals surface area contributed by atoms with Crippen molar-refractivity contribution >= 4 is 17.3 Å². The highest BCUT2D eigenvalue weighted by atomic mass is 19.1. The fourth-order valence-corrected chi connectivity index (χ4v) is 4.34. The van der Waals surface area contributed by atoms with Crippen LogP contribution in [0.4, 0.5) is 13.2 Å². The van der Waals surface area contributed by atoms with Gasteiger partial charge >= 0.3 is 0 Å². The van der Waals surface area contributed by atoms with E-state index in [9.17, 15) is 18.0 Å². The second kappa shape index (κ2) is 9.50. The van der Waals surface area contributed by atoms with Crippen LogP contribution in [0.3, 0.4) is 0 Å².